The Bertz CT molecular complexity index is 582. The highest BCUT2D eigenvalue weighted by Gasteiger charge is 2.10. The van der Waals surface area contributed by atoms with Crippen LogP contribution in [0.2, 0.25) is 0 Å². The molecule has 0 aliphatic carbocycles. The van der Waals surface area contributed by atoms with Crippen LogP contribution in [0, 0.1) is 4.77 Å². The third-order valence-corrected chi connectivity index (χ3v) is 3.12. The number of aromatic nitrogens is 2. The molecule has 0 unspecified atom stereocenters. The summed E-state index contributed by atoms with van der Waals surface area (Å²) < 4.78 is 2.10. The first-order valence-electron chi connectivity index (χ1n) is 5.97. The van der Waals surface area contributed by atoms with Crippen molar-refractivity contribution in [1.29, 1.82) is 0 Å². The number of hydrogen-bond acceptors (Lipinski definition) is 2. The van der Waals surface area contributed by atoms with Crippen LogP contribution in [0.5, 0.6) is 0 Å². The molecule has 0 spiro atoms. The second-order valence-corrected chi connectivity index (χ2v) is 4.52. The van der Waals surface area contributed by atoms with Crippen molar-refractivity contribution in [3.8, 4) is 0 Å². The van der Waals surface area contributed by atoms with Gasteiger partial charge in [-0.2, -0.15) is 0 Å². The Kier molecular flexibility index (Phi) is 3.74. The maximum atomic E-state index is 12.1. The van der Waals surface area contributed by atoms with E-state index in [1.54, 1.807) is 4.57 Å². The number of nitrogens with one attached hydrogen (secondary N) is 1. The summed E-state index contributed by atoms with van der Waals surface area (Å²) in [7, 11) is 0. The maximum Gasteiger partial charge on any atom is 0.233 e. The molecule has 0 radical (unpaired) electrons. The molecule has 0 saturated carbocycles. The lowest BCUT2D eigenvalue weighted by Gasteiger charge is -2.02. The Balaban J connectivity index is 2.31. The van der Waals surface area contributed by atoms with Gasteiger partial charge in [0.05, 0.1) is 11.0 Å². The second kappa shape index (κ2) is 5.27. The molecular formula is C13H16N2OS. The van der Waals surface area contributed by atoms with Gasteiger partial charge >= 0.3 is 0 Å². The van der Waals surface area contributed by atoms with Crippen molar-refractivity contribution in [1.82, 2.24) is 9.55 Å². The van der Waals surface area contributed by atoms with Crippen LogP contribution in [0.1, 0.15) is 37.4 Å². The molecule has 0 saturated heterocycles. The van der Waals surface area contributed by atoms with Crippen LogP contribution in [0.15, 0.2) is 24.3 Å². The largest absolute Gasteiger partial charge is 0.330 e. The van der Waals surface area contributed by atoms with Gasteiger partial charge in [-0.3, -0.25) is 9.36 Å². The van der Waals surface area contributed by atoms with E-state index >= 15 is 0 Å². The Morgan fingerprint density at radius 3 is 2.88 bits per heavy atom. The Morgan fingerprint density at radius 1 is 1.35 bits per heavy atom. The lowest BCUT2D eigenvalue weighted by molar-refractivity contribution is 0.0902. The molecule has 90 valence electrons. The van der Waals surface area contributed by atoms with Crippen LogP contribution >= 0.6 is 12.2 Å². The van der Waals surface area contributed by atoms with E-state index in [9.17, 15) is 4.79 Å². The van der Waals surface area contributed by atoms with Gasteiger partial charge in [0.15, 0.2) is 4.77 Å². The fourth-order valence-electron chi connectivity index (χ4n) is 1.94. The quantitative estimate of drug-likeness (QED) is 0.658. The van der Waals surface area contributed by atoms with Crippen LogP contribution in [0.4, 0.5) is 0 Å². The normalized spacial score (nSPS) is 10.9. The predicted molar refractivity (Wildman–Crippen MR) is 71.9 cm³/mol. The fourth-order valence-corrected chi connectivity index (χ4v) is 2.25. The Labute approximate surface area is 105 Å². The first kappa shape index (κ1) is 12.0. The number of hydrogen-bond donors (Lipinski definition) is 1. The van der Waals surface area contributed by atoms with Gasteiger partial charge < -0.3 is 4.98 Å². The minimum atomic E-state index is 0.0842. The van der Waals surface area contributed by atoms with Gasteiger partial charge in [-0.05, 0) is 30.8 Å². The van der Waals surface area contributed by atoms with Crippen LogP contribution in [-0.4, -0.2) is 15.5 Å². The Morgan fingerprint density at radius 2 is 2.12 bits per heavy atom. The van der Waals surface area contributed by atoms with E-state index in [0.717, 1.165) is 30.3 Å². The zero-order chi connectivity index (χ0) is 12.3. The number of unbranched alkanes of at least 4 members (excludes halogenated alkanes) is 2. The number of carbonyl (C=O) groups is 1. The summed E-state index contributed by atoms with van der Waals surface area (Å²) in [5.41, 5.74) is 1.79. The van der Waals surface area contributed by atoms with E-state index in [-0.39, 0.29) is 5.91 Å². The average Bonchev–Trinajstić information content (AvgIpc) is 2.65. The molecule has 0 amide bonds. The van der Waals surface area contributed by atoms with E-state index in [4.69, 9.17) is 12.2 Å². The summed E-state index contributed by atoms with van der Waals surface area (Å²) in [5, 5.41) is 0. The van der Waals surface area contributed by atoms with Crippen LogP contribution in [-0.2, 0) is 0 Å². The zero-order valence-corrected chi connectivity index (χ0v) is 10.7. The van der Waals surface area contributed by atoms with E-state index in [1.165, 1.54) is 0 Å². The van der Waals surface area contributed by atoms with Crippen molar-refractivity contribution in [3.63, 3.8) is 0 Å². The standard InChI is InChI=1S/C13H16N2OS/c1-2-3-4-9-12(16)15-11-8-6-5-7-10(11)14-13(15)17/h5-8H,2-4,9H2,1H3,(H,14,17). The molecule has 0 aliphatic heterocycles. The number of imidazole rings is 1. The van der Waals surface area contributed by atoms with E-state index in [0.29, 0.717) is 11.2 Å². The molecular weight excluding hydrogens is 232 g/mol. The molecule has 1 heterocycles. The molecule has 1 aromatic heterocycles. The van der Waals surface area contributed by atoms with Crippen molar-refractivity contribution < 1.29 is 4.79 Å². The van der Waals surface area contributed by atoms with Crippen molar-refractivity contribution >= 4 is 29.2 Å². The number of rotatable bonds is 4. The minimum absolute atomic E-state index is 0.0842. The lowest BCUT2D eigenvalue weighted by Crippen LogP contribution is -2.10. The van der Waals surface area contributed by atoms with Crippen LogP contribution < -0.4 is 0 Å². The highest BCUT2D eigenvalue weighted by molar-refractivity contribution is 7.71. The number of benzene rings is 1. The summed E-state index contributed by atoms with van der Waals surface area (Å²) in [5.74, 6) is 0.0842. The average molecular weight is 248 g/mol. The number of fused-ring (bicyclic) bond motifs is 1. The first-order valence-corrected chi connectivity index (χ1v) is 6.38. The minimum Gasteiger partial charge on any atom is -0.330 e. The van der Waals surface area contributed by atoms with Gasteiger partial charge in [-0.25, -0.2) is 0 Å². The van der Waals surface area contributed by atoms with Crippen molar-refractivity contribution in [2.24, 2.45) is 0 Å². The smallest absolute Gasteiger partial charge is 0.233 e. The van der Waals surface area contributed by atoms with E-state index in [1.807, 2.05) is 24.3 Å². The molecule has 2 rings (SSSR count). The molecule has 0 bridgehead atoms. The van der Waals surface area contributed by atoms with Crippen molar-refractivity contribution in [2.75, 3.05) is 0 Å². The van der Waals surface area contributed by atoms with Gasteiger partial charge in [0.25, 0.3) is 0 Å². The second-order valence-electron chi connectivity index (χ2n) is 4.13. The van der Waals surface area contributed by atoms with Crippen LogP contribution in [0.25, 0.3) is 11.0 Å². The van der Waals surface area contributed by atoms with Crippen molar-refractivity contribution in [3.05, 3.63) is 29.0 Å². The summed E-state index contributed by atoms with van der Waals surface area (Å²) in [4.78, 5) is 15.1. The lowest BCUT2D eigenvalue weighted by atomic mass is 10.2. The van der Waals surface area contributed by atoms with E-state index in [2.05, 4.69) is 11.9 Å². The SMILES string of the molecule is CCCCCC(=O)n1c(=S)[nH]c2ccccc21. The molecule has 0 atom stereocenters. The topological polar surface area (TPSA) is 37.8 Å². The summed E-state index contributed by atoms with van der Waals surface area (Å²) >= 11 is 5.19. The zero-order valence-electron chi connectivity index (χ0n) is 9.90. The van der Waals surface area contributed by atoms with Gasteiger partial charge in [-0.1, -0.05) is 31.9 Å². The fraction of sp³-hybridized carbons (Fsp3) is 0.385. The van der Waals surface area contributed by atoms with E-state index < -0.39 is 0 Å². The number of H-pyrrole nitrogens is 1. The van der Waals surface area contributed by atoms with Gasteiger partial charge in [-0.15, -0.1) is 0 Å². The molecule has 3 nitrogen and oxygen atoms in total. The Hall–Kier alpha value is -1.42. The van der Waals surface area contributed by atoms with Gasteiger partial charge in [0.2, 0.25) is 5.91 Å². The number of aromatic amines is 1. The number of para-hydroxylation sites is 2. The molecule has 1 aromatic carbocycles. The number of nitrogens with zero attached hydrogens (tertiary/aromatic N) is 1. The third-order valence-electron chi connectivity index (χ3n) is 2.83. The summed E-state index contributed by atoms with van der Waals surface area (Å²) in [6, 6.07) is 7.70. The highest BCUT2D eigenvalue weighted by atomic mass is 32.1. The molecule has 17 heavy (non-hydrogen) atoms. The van der Waals surface area contributed by atoms with Gasteiger partial charge in [0.1, 0.15) is 0 Å². The summed E-state index contributed by atoms with van der Waals surface area (Å²) in [6.07, 6.45) is 3.69. The summed E-state index contributed by atoms with van der Waals surface area (Å²) in [6.45, 7) is 2.13. The van der Waals surface area contributed by atoms with Crippen molar-refractivity contribution in [2.45, 2.75) is 32.6 Å². The molecule has 2 aromatic rings. The molecule has 4 heteroatoms. The maximum absolute atomic E-state index is 12.1. The molecule has 1 N–H and O–H groups in total. The molecule has 0 aliphatic rings. The predicted octanol–water partition coefficient (Wildman–Crippen LogP) is 3.92. The van der Waals surface area contributed by atoms with Gasteiger partial charge in [0, 0.05) is 6.42 Å². The number of carbonyl (C=O) groups excluding carboxylic acids is 1. The third kappa shape index (κ3) is 2.47. The first-order chi connectivity index (χ1) is 8.24. The highest BCUT2D eigenvalue weighted by Crippen LogP contribution is 2.14. The van der Waals surface area contributed by atoms with Crippen LogP contribution in [0.3, 0.4) is 0 Å². The monoisotopic (exact) mass is 248 g/mol. The molecule has 0 fully saturated rings.